The lowest BCUT2D eigenvalue weighted by Crippen LogP contribution is -2.30. The van der Waals surface area contributed by atoms with Gasteiger partial charge in [0.25, 0.3) is 5.56 Å². The zero-order valence-corrected chi connectivity index (χ0v) is 14.3. The van der Waals surface area contributed by atoms with Gasteiger partial charge >= 0.3 is 0 Å². The lowest BCUT2D eigenvalue weighted by molar-refractivity contribution is -0.122. The largest absolute Gasteiger partial charge is 0.356 e. The molecule has 0 bridgehead atoms. The van der Waals surface area contributed by atoms with Crippen molar-refractivity contribution in [3.05, 3.63) is 58.3 Å². The first-order valence-corrected chi connectivity index (χ1v) is 8.29. The number of hydrogen-bond acceptors (Lipinski definition) is 4. The number of carbonyl (C=O) groups excluding carboxylic acids is 1. The minimum absolute atomic E-state index is 0.101. The van der Waals surface area contributed by atoms with Crippen LogP contribution in [0, 0.1) is 0 Å². The Balaban J connectivity index is 1.63. The third kappa shape index (κ3) is 3.76. The third-order valence-electron chi connectivity index (χ3n) is 4.23. The summed E-state index contributed by atoms with van der Waals surface area (Å²) >= 11 is 0. The molecule has 130 valence electrons. The summed E-state index contributed by atoms with van der Waals surface area (Å²) in [6.07, 6.45) is 5.51. The molecule has 0 saturated heterocycles. The fraction of sp³-hybridized carbons (Fsp3) is 0.333. The van der Waals surface area contributed by atoms with E-state index in [1.165, 1.54) is 0 Å². The highest BCUT2D eigenvalue weighted by molar-refractivity contribution is 5.90. The zero-order valence-electron chi connectivity index (χ0n) is 14.3. The summed E-state index contributed by atoms with van der Waals surface area (Å²) in [4.78, 5) is 24.3. The summed E-state index contributed by atoms with van der Waals surface area (Å²) in [5, 5.41) is 14.9. The monoisotopic (exact) mass is 339 g/mol. The number of nitrogens with one attached hydrogen (secondary N) is 2. The van der Waals surface area contributed by atoms with Crippen molar-refractivity contribution < 1.29 is 4.79 Å². The van der Waals surface area contributed by atoms with Crippen LogP contribution in [0.5, 0.6) is 0 Å². The van der Waals surface area contributed by atoms with Crippen LogP contribution >= 0.6 is 0 Å². The van der Waals surface area contributed by atoms with Crippen molar-refractivity contribution in [1.29, 1.82) is 0 Å². The van der Waals surface area contributed by atoms with Crippen LogP contribution in [0.4, 0.5) is 0 Å². The highest BCUT2D eigenvalue weighted by Gasteiger charge is 2.19. The van der Waals surface area contributed by atoms with E-state index in [1.54, 1.807) is 23.7 Å². The van der Waals surface area contributed by atoms with Gasteiger partial charge in [-0.15, -0.1) is 0 Å². The summed E-state index contributed by atoms with van der Waals surface area (Å²) < 4.78 is 1.77. The van der Waals surface area contributed by atoms with Crippen LogP contribution < -0.4 is 10.9 Å². The number of aryl methyl sites for hydroxylation is 2. The molecule has 2 N–H and O–H groups in total. The van der Waals surface area contributed by atoms with Gasteiger partial charge in [-0.25, -0.2) is 5.10 Å². The number of aromatic nitrogens is 4. The summed E-state index contributed by atoms with van der Waals surface area (Å²) in [6, 6.07) is 7.19. The molecule has 0 radical (unpaired) electrons. The van der Waals surface area contributed by atoms with Gasteiger partial charge in [-0.2, -0.15) is 10.2 Å². The van der Waals surface area contributed by atoms with Crippen LogP contribution in [0.15, 0.2) is 41.5 Å². The summed E-state index contributed by atoms with van der Waals surface area (Å²) in [5.41, 5.74) is 1.49. The van der Waals surface area contributed by atoms with Gasteiger partial charge in [0.2, 0.25) is 5.91 Å². The molecule has 3 rings (SSSR count). The second kappa shape index (κ2) is 7.29. The molecule has 0 aliphatic rings. The standard InChI is InChI=1S/C18H21N5O2/c1-12(16-14-7-3-4-8-15(14)18(25)22-21-16)17(24)19-9-5-6-13-10-20-23(2)11-13/h3-4,7-8,10-12H,5-6,9H2,1-2H3,(H,19,24)(H,22,25). The van der Waals surface area contributed by atoms with Crippen molar-refractivity contribution in [1.82, 2.24) is 25.3 Å². The zero-order chi connectivity index (χ0) is 17.8. The normalized spacial score (nSPS) is 12.2. The van der Waals surface area contributed by atoms with Crippen LogP contribution in [0.1, 0.15) is 30.5 Å². The topological polar surface area (TPSA) is 92.7 Å². The second-order valence-electron chi connectivity index (χ2n) is 6.12. The smallest absolute Gasteiger partial charge is 0.272 e. The summed E-state index contributed by atoms with van der Waals surface area (Å²) in [5.74, 6) is -0.545. The Labute approximate surface area is 145 Å². The Morgan fingerprint density at radius 1 is 1.32 bits per heavy atom. The molecule has 7 heteroatoms. The van der Waals surface area contributed by atoms with Crippen molar-refractivity contribution in [2.75, 3.05) is 6.54 Å². The molecule has 25 heavy (non-hydrogen) atoms. The Bertz CT molecular complexity index is 944. The number of amides is 1. The molecule has 1 atom stereocenters. The minimum atomic E-state index is -0.444. The van der Waals surface area contributed by atoms with E-state index in [0.717, 1.165) is 18.4 Å². The average molecular weight is 339 g/mol. The van der Waals surface area contributed by atoms with Crippen LogP contribution in [0.3, 0.4) is 0 Å². The minimum Gasteiger partial charge on any atom is -0.356 e. The molecule has 2 heterocycles. The molecule has 2 aromatic heterocycles. The Morgan fingerprint density at radius 3 is 2.80 bits per heavy atom. The average Bonchev–Trinajstić information content (AvgIpc) is 3.04. The van der Waals surface area contributed by atoms with Crippen molar-refractivity contribution in [3.8, 4) is 0 Å². The highest BCUT2D eigenvalue weighted by atomic mass is 16.2. The van der Waals surface area contributed by atoms with Crippen molar-refractivity contribution >= 4 is 16.7 Å². The van der Waals surface area contributed by atoms with Gasteiger partial charge in [-0.3, -0.25) is 14.3 Å². The number of hydrogen-bond donors (Lipinski definition) is 2. The van der Waals surface area contributed by atoms with Crippen LogP contribution in [-0.2, 0) is 18.3 Å². The molecule has 3 aromatic rings. The maximum atomic E-state index is 12.4. The van der Waals surface area contributed by atoms with Gasteiger partial charge < -0.3 is 5.32 Å². The van der Waals surface area contributed by atoms with Gasteiger partial charge in [0.15, 0.2) is 0 Å². The van der Waals surface area contributed by atoms with Crippen LogP contribution in [0.25, 0.3) is 10.8 Å². The molecule has 0 saturated carbocycles. The van der Waals surface area contributed by atoms with Gasteiger partial charge in [0, 0.05) is 25.2 Å². The predicted molar refractivity (Wildman–Crippen MR) is 95.3 cm³/mol. The lowest BCUT2D eigenvalue weighted by atomic mass is 10.0. The van der Waals surface area contributed by atoms with E-state index >= 15 is 0 Å². The molecule has 1 unspecified atom stereocenters. The van der Waals surface area contributed by atoms with E-state index in [2.05, 4.69) is 20.6 Å². The molecule has 0 fully saturated rings. The van der Waals surface area contributed by atoms with Crippen molar-refractivity contribution in [3.63, 3.8) is 0 Å². The fourth-order valence-corrected chi connectivity index (χ4v) is 2.85. The van der Waals surface area contributed by atoms with E-state index in [-0.39, 0.29) is 11.5 Å². The first-order valence-electron chi connectivity index (χ1n) is 8.29. The van der Waals surface area contributed by atoms with E-state index in [0.29, 0.717) is 23.0 Å². The number of nitrogens with zero attached hydrogens (tertiary/aromatic N) is 3. The molecule has 7 nitrogen and oxygen atoms in total. The maximum absolute atomic E-state index is 12.4. The van der Waals surface area contributed by atoms with Gasteiger partial charge in [0.05, 0.1) is 23.2 Å². The van der Waals surface area contributed by atoms with E-state index < -0.39 is 5.92 Å². The SMILES string of the molecule is CC(C(=O)NCCCc1cnn(C)c1)c1n[nH]c(=O)c2ccccc12. The Hall–Kier alpha value is -2.96. The quantitative estimate of drug-likeness (QED) is 0.666. The van der Waals surface area contributed by atoms with Gasteiger partial charge in [0.1, 0.15) is 0 Å². The molecule has 0 aliphatic carbocycles. The molecule has 1 aromatic carbocycles. The predicted octanol–water partition coefficient (Wildman–Crippen LogP) is 1.51. The number of aromatic amines is 1. The highest BCUT2D eigenvalue weighted by Crippen LogP contribution is 2.20. The number of H-pyrrole nitrogens is 1. The van der Waals surface area contributed by atoms with Gasteiger partial charge in [-0.05, 0) is 31.4 Å². The lowest BCUT2D eigenvalue weighted by Gasteiger charge is -2.13. The summed E-state index contributed by atoms with van der Waals surface area (Å²) in [7, 11) is 1.88. The molecule has 0 aliphatic heterocycles. The molecular weight excluding hydrogens is 318 g/mol. The number of fused-ring (bicyclic) bond motifs is 1. The number of benzene rings is 1. The fourth-order valence-electron chi connectivity index (χ4n) is 2.85. The van der Waals surface area contributed by atoms with E-state index in [1.807, 2.05) is 31.6 Å². The molecule has 0 spiro atoms. The number of rotatable bonds is 6. The first-order chi connectivity index (χ1) is 12.1. The van der Waals surface area contributed by atoms with Crippen molar-refractivity contribution in [2.45, 2.75) is 25.7 Å². The van der Waals surface area contributed by atoms with Gasteiger partial charge in [-0.1, -0.05) is 18.2 Å². The van der Waals surface area contributed by atoms with Crippen LogP contribution in [-0.4, -0.2) is 32.4 Å². The maximum Gasteiger partial charge on any atom is 0.272 e. The molecular formula is C18H21N5O2. The van der Waals surface area contributed by atoms with Crippen molar-refractivity contribution in [2.24, 2.45) is 7.05 Å². The van der Waals surface area contributed by atoms with E-state index in [4.69, 9.17) is 0 Å². The molecule has 1 amide bonds. The second-order valence-corrected chi connectivity index (χ2v) is 6.12. The van der Waals surface area contributed by atoms with E-state index in [9.17, 15) is 9.59 Å². The number of carbonyl (C=O) groups is 1. The van der Waals surface area contributed by atoms with Crippen LogP contribution in [0.2, 0.25) is 0 Å². The Kier molecular flexibility index (Phi) is 4.92. The first kappa shape index (κ1) is 16.9. The summed E-state index contributed by atoms with van der Waals surface area (Å²) in [6.45, 7) is 2.38. The Morgan fingerprint density at radius 2 is 2.08 bits per heavy atom. The third-order valence-corrected chi connectivity index (χ3v) is 4.23.